The summed E-state index contributed by atoms with van der Waals surface area (Å²) in [7, 11) is 0. The van der Waals surface area contributed by atoms with E-state index in [1.807, 2.05) is 0 Å². The van der Waals surface area contributed by atoms with Crippen LogP contribution in [0.25, 0.3) is 11.3 Å². The highest BCUT2D eigenvalue weighted by atomic mass is 19.4. The number of nitrogens with one attached hydrogen (secondary N) is 1. The minimum Gasteiger partial charge on any atom is -0.462 e. The number of alkyl halides is 3. The van der Waals surface area contributed by atoms with E-state index < -0.39 is 47.3 Å². The molecule has 0 fully saturated rings. The third-order valence-electron chi connectivity index (χ3n) is 7.42. The standard InChI is InChI=1S/C33H28F4N4O4/c1-4-40-30-26(27(19(3)32(44)45-5-2)39-41(30)24-12-7-6-8-13-24)25(20-14-16-23(34)17-15-20)28(31(40)43)38-29(42)21-10-9-11-22(18-21)33(35,36)37/h6-18,25,28H,3-5H2,1-2H3,(H,38,42)/t25-,28-/m1/s1. The number of fused-ring (bicyclic) bond motifs is 1. The van der Waals surface area contributed by atoms with Crippen LogP contribution in [0.3, 0.4) is 0 Å². The van der Waals surface area contributed by atoms with Crippen molar-refractivity contribution in [3.05, 3.63) is 119 Å². The Morgan fingerprint density at radius 1 is 1.00 bits per heavy atom. The molecular weight excluding hydrogens is 592 g/mol. The Bertz CT molecular complexity index is 1770. The molecule has 2 heterocycles. The van der Waals surface area contributed by atoms with Gasteiger partial charge < -0.3 is 10.1 Å². The zero-order chi connectivity index (χ0) is 32.5. The van der Waals surface area contributed by atoms with Gasteiger partial charge in [-0.2, -0.15) is 18.3 Å². The molecule has 12 heteroatoms. The molecule has 8 nitrogen and oxygen atoms in total. The molecule has 0 bridgehead atoms. The number of hydrogen-bond donors (Lipinski definition) is 1. The molecule has 0 saturated carbocycles. The first-order valence-electron chi connectivity index (χ1n) is 14.1. The predicted molar refractivity (Wildman–Crippen MR) is 158 cm³/mol. The Morgan fingerprint density at radius 2 is 1.69 bits per heavy atom. The Labute approximate surface area is 255 Å². The topological polar surface area (TPSA) is 93.5 Å². The highest BCUT2D eigenvalue weighted by molar-refractivity contribution is 6.16. The fourth-order valence-corrected chi connectivity index (χ4v) is 5.38. The molecular formula is C33H28F4N4O4. The number of anilines is 1. The number of esters is 1. The summed E-state index contributed by atoms with van der Waals surface area (Å²) in [5.74, 6) is -3.63. The van der Waals surface area contributed by atoms with Gasteiger partial charge in [0.25, 0.3) is 11.8 Å². The van der Waals surface area contributed by atoms with Crippen molar-refractivity contribution in [2.75, 3.05) is 18.1 Å². The first kappa shape index (κ1) is 31.2. The van der Waals surface area contributed by atoms with Crippen LogP contribution in [0.15, 0.2) is 85.4 Å². The fraction of sp³-hybridized carbons (Fsp3) is 0.212. The molecule has 0 radical (unpaired) electrons. The van der Waals surface area contributed by atoms with Gasteiger partial charge in [-0.15, -0.1) is 0 Å². The van der Waals surface area contributed by atoms with Crippen molar-refractivity contribution in [1.29, 1.82) is 0 Å². The lowest BCUT2D eigenvalue weighted by atomic mass is 9.80. The highest BCUT2D eigenvalue weighted by Crippen LogP contribution is 2.45. The van der Waals surface area contributed by atoms with Crippen molar-refractivity contribution < 1.29 is 36.7 Å². The third-order valence-corrected chi connectivity index (χ3v) is 7.42. The van der Waals surface area contributed by atoms with E-state index in [1.54, 1.807) is 44.2 Å². The van der Waals surface area contributed by atoms with Gasteiger partial charge in [0.1, 0.15) is 23.4 Å². The van der Waals surface area contributed by atoms with Crippen molar-refractivity contribution in [3.63, 3.8) is 0 Å². The molecule has 0 saturated heterocycles. The number of nitrogens with zero attached hydrogens (tertiary/aromatic N) is 3. The van der Waals surface area contributed by atoms with Crippen LogP contribution in [-0.2, 0) is 20.5 Å². The molecule has 3 aromatic carbocycles. The van der Waals surface area contributed by atoms with E-state index in [1.165, 1.54) is 39.9 Å². The molecule has 0 spiro atoms. The second-order valence-electron chi connectivity index (χ2n) is 10.2. The van der Waals surface area contributed by atoms with Crippen molar-refractivity contribution >= 4 is 29.2 Å². The summed E-state index contributed by atoms with van der Waals surface area (Å²) in [6, 6.07) is 16.5. The van der Waals surface area contributed by atoms with Crippen LogP contribution in [0, 0.1) is 5.82 Å². The molecule has 0 aliphatic carbocycles. The quantitative estimate of drug-likeness (QED) is 0.150. The normalized spacial score (nSPS) is 16.2. The maximum Gasteiger partial charge on any atom is 0.416 e. The predicted octanol–water partition coefficient (Wildman–Crippen LogP) is 5.90. The molecule has 5 rings (SSSR count). The van der Waals surface area contributed by atoms with Gasteiger partial charge in [-0.3, -0.25) is 14.5 Å². The third kappa shape index (κ3) is 5.95. The number of amides is 2. The Morgan fingerprint density at radius 3 is 2.31 bits per heavy atom. The number of ether oxygens (including phenoxy) is 1. The van der Waals surface area contributed by atoms with Gasteiger partial charge in [-0.05, 0) is 61.9 Å². The lowest BCUT2D eigenvalue weighted by molar-refractivity contribution is -0.138. The zero-order valence-electron chi connectivity index (χ0n) is 24.3. The van der Waals surface area contributed by atoms with Crippen LogP contribution in [0.4, 0.5) is 23.4 Å². The number of aromatic nitrogens is 2. The Kier molecular flexibility index (Phi) is 8.58. The SMILES string of the molecule is C=C(C(=O)OCC)c1nn(-c2ccccc2)c2c1[C@@H](c1ccc(F)cc1)[C@@H](NC(=O)c1cccc(C(F)(F)F)c1)C(=O)N2CC. The van der Waals surface area contributed by atoms with E-state index in [9.17, 15) is 31.9 Å². The first-order chi connectivity index (χ1) is 21.5. The van der Waals surface area contributed by atoms with E-state index in [2.05, 4.69) is 11.9 Å². The molecule has 1 aliphatic rings. The van der Waals surface area contributed by atoms with Crippen molar-refractivity contribution in [2.24, 2.45) is 0 Å². The van der Waals surface area contributed by atoms with Crippen LogP contribution in [0.2, 0.25) is 0 Å². The van der Waals surface area contributed by atoms with Gasteiger partial charge in [0, 0.05) is 23.6 Å². The summed E-state index contributed by atoms with van der Waals surface area (Å²) < 4.78 is 61.1. The van der Waals surface area contributed by atoms with Crippen molar-refractivity contribution in [1.82, 2.24) is 15.1 Å². The minimum absolute atomic E-state index is 0.0517. The molecule has 1 aromatic heterocycles. The summed E-state index contributed by atoms with van der Waals surface area (Å²) in [4.78, 5) is 42.1. The Hall–Kier alpha value is -5.26. The number of hydrogen-bond acceptors (Lipinski definition) is 5. The Balaban J connectivity index is 1.74. The number of para-hydroxylation sites is 1. The summed E-state index contributed by atoms with van der Waals surface area (Å²) >= 11 is 0. The number of carbonyl (C=O) groups excluding carboxylic acids is 3. The second kappa shape index (κ2) is 12.4. The monoisotopic (exact) mass is 620 g/mol. The number of rotatable bonds is 8. The molecule has 4 aromatic rings. The first-order valence-corrected chi connectivity index (χ1v) is 14.1. The van der Waals surface area contributed by atoms with Gasteiger partial charge in [0.05, 0.1) is 23.4 Å². The molecule has 0 unspecified atom stereocenters. The molecule has 2 atom stereocenters. The van der Waals surface area contributed by atoms with Crippen LogP contribution in [0.5, 0.6) is 0 Å². The number of likely N-dealkylation sites (N-methyl/N-ethyl adjacent to an activating group) is 1. The summed E-state index contributed by atoms with van der Waals surface area (Å²) in [6.45, 7) is 7.41. The number of carbonyl (C=O) groups is 3. The fourth-order valence-electron chi connectivity index (χ4n) is 5.38. The van der Waals surface area contributed by atoms with E-state index in [0.717, 1.165) is 12.1 Å². The highest BCUT2D eigenvalue weighted by Gasteiger charge is 2.47. The second-order valence-corrected chi connectivity index (χ2v) is 10.2. The van der Waals surface area contributed by atoms with Crippen molar-refractivity contribution in [3.8, 4) is 5.69 Å². The minimum atomic E-state index is -4.70. The van der Waals surface area contributed by atoms with E-state index in [4.69, 9.17) is 9.84 Å². The number of halogens is 4. The smallest absolute Gasteiger partial charge is 0.416 e. The van der Waals surface area contributed by atoms with Gasteiger partial charge in [0.15, 0.2) is 0 Å². The summed E-state index contributed by atoms with van der Waals surface area (Å²) in [6.07, 6.45) is -4.70. The molecule has 45 heavy (non-hydrogen) atoms. The summed E-state index contributed by atoms with van der Waals surface area (Å²) in [5.41, 5.74) is -0.155. The van der Waals surface area contributed by atoms with Crippen LogP contribution in [0.1, 0.15) is 52.5 Å². The average Bonchev–Trinajstić information content (AvgIpc) is 3.41. The van der Waals surface area contributed by atoms with Gasteiger partial charge in [-0.1, -0.05) is 43.0 Å². The largest absolute Gasteiger partial charge is 0.462 e. The zero-order valence-corrected chi connectivity index (χ0v) is 24.3. The number of benzene rings is 3. The molecule has 232 valence electrons. The lowest BCUT2D eigenvalue weighted by Crippen LogP contribution is -2.55. The lowest BCUT2D eigenvalue weighted by Gasteiger charge is -2.38. The molecule has 1 aliphatic heterocycles. The average molecular weight is 621 g/mol. The van der Waals surface area contributed by atoms with Gasteiger partial charge >= 0.3 is 12.1 Å². The van der Waals surface area contributed by atoms with Gasteiger partial charge in [0.2, 0.25) is 0 Å². The van der Waals surface area contributed by atoms with E-state index in [0.29, 0.717) is 22.9 Å². The van der Waals surface area contributed by atoms with E-state index >= 15 is 0 Å². The van der Waals surface area contributed by atoms with Crippen molar-refractivity contribution in [2.45, 2.75) is 32.0 Å². The van der Waals surface area contributed by atoms with Gasteiger partial charge in [-0.25, -0.2) is 13.9 Å². The van der Waals surface area contributed by atoms with Crippen LogP contribution < -0.4 is 10.2 Å². The maximum absolute atomic E-state index is 14.3. The summed E-state index contributed by atoms with van der Waals surface area (Å²) in [5, 5.41) is 7.34. The molecule has 1 N–H and O–H groups in total. The molecule has 2 amide bonds. The van der Waals surface area contributed by atoms with Crippen LogP contribution in [-0.4, -0.2) is 46.8 Å². The maximum atomic E-state index is 14.3. The van der Waals surface area contributed by atoms with Crippen LogP contribution >= 0.6 is 0 Å². The van der Waals surface area contributed by atoms with E-state index in [-0.39, 0.29) is 35.8 Å².